The maximum Gasteiger partial charge on any atom is 0.326 e. The molecule has 0 saturated carbocycles. The quantitative estimate of drug-likeness (QED) is 0.716. The van der Waals surface area contributed by atoms with Gasteiger partial charge >= 0.3 is 6.03 Å². The van der Waals surface area contributed by atoms with Crippen LogP contribution >= 0.6 is 12.4 Å². The lowest BCUT2D eigenvalue weighted by molar-refractivity contribution is -0.00265. The van der Waals surface area contributed by atoms with Crippen molar-refractivity contribution >= 4 is 29.9 Å². The molecule has 2 bridgehead atoms. The number of hydrogen-bond acceptors (Lipinski definition) is 5. The van der Waals surface area contributed by atoms with E-state index in [-0.39, 0.29) is 30.6 Å². The lowest BCUT2D eigenvalue weighted by Crippen LogP contribution is -2.55. The first-order chi connectivity index (χ1) is 13.6. The summed E-state index contributed by atoms with van der Waals surface area (Å²) in [7, 11) is 0. The summed E-state index contributed by atoms with van der Waals surface area (Å²) in [5.74, 6) is 0.782. The number of morpholine rings is 1. The largest absolute Gasteiger partial charge is 0.375 e. The summed E-state index contributed by atoms with van der Waals surface area (Å²) in [5.41, 5.74) is 3.91. The standard InChI is InChI=1S/C21H25N5O2.ClH/c1-14-11-16(5-7-22-14)18-3-4-19-20(23-18)26(17-6-8-24(19)13-17)21(27)25-9-10-28-15(2)12-25;/h3-5,7,11,15,17H,6,8-10,12-13H2,1-2H3;1H/t15?,17-;/m0./s1. The molecule has 2 saturated heterocycles. The van der Waals surface area contributed by atoms with Gasteiger partial charge in [-0.2, -0.15) is 0 Å². The van der Waals surface area contributed by atoms with Crippen molar-refractivity contribution in [1.29, 1.82) is 0 Å². The third-order valence-electron chi connectivity index (χ3n) is 5.86. The average Bonchev–Trinajstić information content (AvgIpc) is 3.12. The Morgan fingerprint density at radius 1 is 1.21 bits per heavy atom. The van der Waals surface area contributed by atoms with Crippen molar-refractivity contribution in [2.24, 2.45) is 0 Å². The van der Waals surface area contributed by atoms with Crippen molar-refractivity contribution in [3.05, 3.63) is 36.2 Å². The summed E-state index contributed by atoms with van der Waals surface area (Å²) in [6.07, 6.45) is 2.85. The topological polar surface area (TPSA) is 61.8 Å². The van der Waals surface area contributed by atoms with E-state index in [4.69, 9.17) is 9.72 Å². The van der Waals surface area contributed by atoms with Crippen LogP contribution in [0, 0.1) is 6.92 Å². The van der Waals surface area contributed by atoms with Crippen LogP contribution < -0.4 is 9.80 Å². The van der Waals surface area contributed by atoms with Gasteiger partial charge in [0.1, 0.15) is 0 Å². The molecule has 5 heterocycles. The lowest BCUT2D eigenvalue weighted by Gasteiger charge is -2.40. The molecule has 1 unspecified atom stereocenters. The highest BCUT2D eigenvalue weighted by atomic mass is 35.5. The number of rotatable bonds is 1. The van der Waals surface area contributed by atoms with E-state index in [0.717, 1.165) is 48.0 Å². The highest BCUT2D eigenvalue weighted by Crippen LogP contribution is 2.40. The van der Waals surface area contributed by atoms with Crippen LogP contribution in [-0.2, 0) is 4.74 Å². The second kappa shape index (κ2) is 7.80. The molecule has 0 radical (unpaired) electrons. The minimum absolute atomic E-state index is 0. The van der Waals surface area contributed by atoms with E-state index >= 15 is 0 Å². The second-order valence-electron chi connectivity index (χ2n) is 7.89. The van der Waals surface area contributed by atoms with E-state index in [1.807, 2.05) is 41.8 Å². The van der Waals surface area contributed by atoms with Gasteiger partial charge in [-0.15, -0.1) is 12.4 Å². The zero-order valence-corrected chi connectivity index (χ0v) is 17.6. The van der Waals surface area contributed by atoms with Crippen molar-refractivity contribution in [3.8, 4) is 11.3 Å². The van der Waals surface area contributed by atoms with Crippen LogP contribution in [0.2, 0.25) is 0 Å². The van der Waals surface area contributed by atoms with Crippen LogP contribution in [0.25, 0.3) is 11.3 Å². The van der Waals surface area contributed by atoms with Gasteiger partial charge < -0.3 is 14.5 Å². The number of aryl methyl sites for hydroxylation is 1. The molecule has 2 aromatic heterocycles. The Morgan fingerprint density at radius 3 is 2.86 bits per heavy atom. The number of amides is 2. The van der Waals surface area contributed by atoms with E-state index in [2.05, 4.69) is 16.0 Å². The van der Waals surface area contributed by atoms with Gasteiger partial charge in [0, 0.05) is 43.6 Å². The molecule has 2 aromatic rings. The molecule has 8 heteroatoms. The first kappa shape index (κ1) is 19.9. The molecule has 29 heavy (non-hydrogen) atoms. The summed E-state index contributed by atoms with van der Waals surface area (Å²) >= 11 is 0. The fourth-order valence-corrected chi connectivity index (χ4v) is 4.47. The molecule has 0 N–H and O–H groups in total. The van der Waals surface area contributed by atoms with Crippen LogP contribution in [0.5, 0.6) is 0 Å². The molecule has 0 spiro atoms. The van der Waals surface area contributed by atoms with Crippen molar-refractivity contribution < 1.29 is 9.53 Å². The van der Waals surface area contributed by atoms with Gasteiger partial charge in [-0.1, -0.05) is 0 Å². The van der Waals surface area contributed by atoms with Gasteiger partial charge in [-0.25, -0.2) is 9.78 Å². The second-order valence-corrected chi connectivity index (χ2v) is 7.89. The summed E-state index contributed by atoms with van der Waals surface area (Å²) in [5, 5.41) is 0. The molecular formula is C21H26ClN5O2. The molecular weight excluding hydrogens is 390 g/mol. The van der Waals surface area contributed by atoms with Crippen LogP contribution in [0.15, 0.2) is 30.5 Å². The highest BCUT2D eigenvalue weighted by molar-refractivity contribution is 5.97. The molecule has 7 nitrogen and oxygen atoms in total. The molecule has 5 rings (SSSR count). The number of carbonyl (C=O) groups excluding carboxylic acids is 1. The monoisotopic (exact) mass is 415 g/mol. The maximum atomic E-state index is 13.5. The smallest absolute Gasteiger partial charge is 0.326 e. The maximum absolute atomic E-state index is 13.5. The zero-order chi connectivity index (χ0) is 19.3. The number of nitrogens with zero attached hydrogens (tertiary/aromatic N) is 5. The number of anilines is 2. The molecule has 2 fully saturated rings. The predicted octanol–water partition coefficient (Wildman–Crippen LogP) is 3.11. The third kappa shape index (κ3) is 3.53. The van der Waals surface area contributed by atoms with Gasteiger partial charge in [0.05, 0.1) is 30.1 Å². The molecule has 0 aliphatic carbocycles. The molecule has 154 valence electrons. The first-order valence-electron chi connectivity index (χ1n) is 9.99. The fourth-order valence-electron chi connectivity index (χ4n) is 4.47. The Labute approximate surface area is 177 Å². The van der Waals surface area contributed by atoms with Crippen LogP contribution in [0.4, 0.5) is 16.3 Å². The van der Waals surface area contributed by atoms with E-state index < -0.39 is 0 Å². The van der Waals surface area contributed by atoms with Gasteiger partial charge in [-0.3, -0.25) is 9.88 Å². The number of aromatic nitrogens is 2. The number of halogens is 1. The number of carbonyl (C=O) groups is 1. The molecule has 3 aliphatic rings. The summed E-state index contributed by atoms with van der Waals surface area (Å²) in [6, 6.07) is 8.39. The number of ether oxygens (including phenoxy) is 1. The molecule has 2 atom stereocenters. The molecule has 0 aromatic carbocycles. The van der Waals surface area contributed by atoms with Crippen LogP contribution in [-0.4, -0.2) is 65.8 Å². The van der Waals surface area contributed by atoms with Crippen LogP contribution in [0.1, 0.15) is 19.0 Å². The Hall–Kier alpha value is -2.38. The van der Waals surface area contributed by atoms with E-state index in [9.17, 15) is 4.79 Å². The minimum Gasteiger partial charge on any atom is -0.375 e. The molecule has 2 amide bonds. The SMILES string of the molecule is Cc1cc(-c2ccc3c(n2)N(C(=O)N2CCOC(C)C2)[C@H]2CCN3C2)ccn1.Cl. The third-order valence-corrected chi connectivity index (χ3v) is 5.86. The van der Waals surface area contributed by atoms with Crippen molar-refractivity contribution in [1.82, 2.24) is 14.9 Å². The zero-order valence-electron chi connectivity index (χ0n) is 16.7. The van der Waals surface area contributed by atoms with E-state index in [1.165, 1.54) is 0 Å². The first-order valence-corrected chi connectivity index (χ1v) is 9.99. The van der Waals surface area contributed by atoms with Crippen LogP contribution in [0.3, 0.4) is 0 Å². The normalized spacial score (nSPS) is 22.9. The van der Waals surface area contributed by atoms with Crippen molar-refractivity contribution in [3.63, 3.8) is 0 Å². The summed E-state index contributed by atoms with van der Waals surface area (Å²) < 4.78 is 5.62. The average molecular weight is 416 g/mol. The van der Waals surface area contributed by atoms with Gasteiger partial charge in [0.25, 0.3) is 0 Å². The number of fused-ring (bicyclic) bond motifs is 4. The van der Waals surface area contributed by atoms with E-state index in [1.54, 1.807) is 6.20 Å². The minimum atomic E-state index is 0. The molecule has 3 aliphatic heterocycles. The highest BCUT2D eigenvalue weighted by Gasteiger charge is 2.42. The predicted molar refractivity (Wildman–Crippen MR) is 115 cm³/mol. The Balaban J connectivity index is 0.00000205. The summed E-state index contributed by atoms with van der Waals surface area (Å²) in [4.78, 5) is 28.9. The summed E-state index contributed by atoms with van der Waals surface area (Å²) in [6.45, 7) is 7.70. The Morgan fingerprint density at radius 2 is 2.07 bits per heavy atom. The lowest BCUT2D eigenvalue weighted by atomic mass is 10.1. The van der Waals surface area contributed by atoms with Crippen molar-refractivity contribution in [2.45, 2.75) is 32.4 Å². The number of hydrogen-bond donors (Lipinski definition) is 0. The fraction of sp³-hybridized carbons (Fsp3) is 0.476. The van der Waals surface area contributed by atoms with Crippen molar-refractivity contribution in [2.75, 3.05) is 42.6 Å². The van der Waals surface area contributed by atoms with Gasteiger partial charge in [0.15, 0.2) is 5.82 Å². The number of pyridine rings is 2. The van der Waals surface area contributed by atoms with Gasteiger partial charge in [-0.05, 0) is 44.5 Å². The number of urea groups is 1. The Kier molecular flexibility index (Phi) is 5.36. The Bertz CT molecular complexity index is 924. The van der Waals surface area contributed by atoms with E-state index in [0.29, 0.717) is 19.7 Å². The van der Waals surface area contributed by atoms with Gasteiger partial charge in [0.2, 0.25) is 0 Å².